The third-order valence-electron chi connectivity index (χ3n) is 11.7. The third kappa shape index (κ3) is 5.03. The summed E-state index contributed by atoms with van der Waals surface area (Å²) in [5.74, 6) is 0.321. The molecule has 0 amide bonds. The molecule has 59 heavy (non-hydrogen) atoms. The summed E-state index contributed by atoms with van der Waals surface area (Å²) in [6.07, 6.45) is 0. The van der Waals surface area contributed by atoms with E-state index in [1.807, 2.05) is 71.1 Å². The Hall–Kier alpha value is -8.09. The normalized spacial score (nSPS) is 11.8. The highest BCUT2D eigenvalue weighted by Gasteiger charge is 2.24. The van der Waals surface area contributed by atoms with Crippen LogP contribution in [0.4, 0.5) is 0 Å². The molecule has 0 aliphatic rings. The fourth-order valence-electron chi connectivity index (χ4n) is 9.08. The third-order valence-corrected chi connectivity index (χ3v) is 11.7. The Morgan fingerprint density at radius 2 is 0.915 bits per heavy atom. The van der Waals surface area contributed by atoms with Crippen LogP contribution in [-0.2, 0) is 0 Å². The fraction of sp³-hybridized carbons (Fsp3) is 0. The lowest BCUT2D eigenvalue weighted by molar-refractivity contribution is 0.875. The molecule has 0 aliphatic heterocycles. The summed E-state index contributed by atoms with van der Waals surface area (Å²) in [6, 6.07) is 69.0. The molecule has 0 saturated carbocycles. The maximum atomic E-state index is 15.4. The topological polar surface area (TPSA) is 57.1 Å². The Kier molecular flexibility index (Phi) is 7.28. The molecule has 12 rings (SSSR count). The van der Waals surface area contributed by atoms with Crippen LogP contribution < -0.4 is 5.69 Å². The molecule has 0 spiro atoms. The minimum Gasteiger partial charge on any atom is -0.309 e. The van der Waals surface area contributed by atoms with Crippen LogP contribution in [0.15, 0.2) is 205 Å². The average Bonchev–Trinajstić information content (AvgIpc) is 3.83. The highest BCUT2D eigenvalue weighted by atomic mass is 16.1. The van der Waals surface area contributed by atoms with E-state index in [9.17, 15) is 0 Å². The standard InChI is InChI=1S/C53H33N5O/c59-53-57-46-27-15-12-24-41(46)49(34-16-4-1-5-17-34)51(57)43-33-37(36-28-30-47-42(32-36)39-22-11-14-26-45(39)56(47)38-20-8-3-9-21-38)29-31-48(43)58(53)52-54-44-25-13-10-23-40(44)50(55-52)35-18-6-2-7-19-35/h1-33H. The molecular formula is C53H33N5O. The summed E-state index contributed by atoms with van der Waals surface area (Å²) in [4.78, 5) is 25.7. The van der Waals surface area contributed by atoms with Crippen molar-refractivity contribution < 1.29 is 0 Å². The van der Waals surface area contributed by atoms with Crippen molar-refractivity contribution >= 4 is 60.0 Å². The lowest BCUT2D eigenvalue weighted by Crippen LogP contribution is -2.27. The molecule has 276 valence electrons. The van der Waals surface area contributed by atoms with Gasteiger partial charge in [-0.3, -0.25) is 4.40 Å². The van der Waals surface area contributed by atoms with Crippen LogP contribution in [0.2, 0.25) is 0 Å². The van der Waals surface area contributed by atoms with Crippen LogP contribution in [-0.4, -0.2) is 23.5 Å². The van der Waals surface area contributed by atoms with E-state index in [0.29, 0.717) is 5.95 Å². The van der Waals surface area contributed by atoms with Crippen molar-refractivity contribution in [2.24, 2.45) is 0 Å². The van der Waals surface area contributed by atoms with E-state index in [1.54, 1.807) is 4.57 Å². The first-order chi connectivity index (χ1) is 29.2. The van der Waals surface area contributed by atoms with Gasteiger partial charge < -0.3 is 4.57 Å². The summed E-state index contributed by atoms with van der Waals surface area (Å²) in [5, 5.41) is 5.21. The molecule has 8 aromatic carbocycles. The molecule has 0 fully saturated rings. The van der Waals surface area contributed by atoms with Crippen molar-refractivity contribution in [3.8, 4) is 45.1 Å². The average molecular weight is 756 g/mol. The zero-order chi connectivity index (χ0) is 39.0. The molecule has 4 heterocycles. The van der Waals surface area contributed by atoms with Crippen molar-refractivity contribution in [3.05, 3.63) is 211 Å². The summed E-state index contributed by atoms with van der Waals surface area (Å²) >= 11 is 0. The number of para-hydroxylation sites is 4. The molecule has 0 atom stereocenters. The molecule has 6 nitrogen and oxygen atoms in total. The number of aromatic nitrogens is 5. The summed E-state index contributed by atoms with van der Waals surface area (Å²) < 4.78 is 5.90. The fourth-order valence-corrected chi connectivity index (χ4v) is 9.08. The second-order valence-electron chi connectivity index (χ2n) is 15.0. The van der Waals surface area contributed by atoms with Gasteiger partial charge in [0.25, 0.3) is 0 Å². The lowest BCUT2D eigenvalue weighted by atomic mass is 9.98. The van der Waals surface area contributed by atoms with Gasteiger partial charge in [-0.2, -0.15) is 0 Å². The van der Waals surface area contributed by atoms with Gasteiger partial charge in [-0.05, 0) is 71.3 Å². The van der Waals surface area contributed by atoms with Crippen LogP contribution in [0.5, 0.6) is 0 Å². The van der Waals surface area contributed by atoms with Gasteiger partial charge in [-0.15, -0.1) is 0 Å². The lowest BCUT2D eigenvalue weighted by Gasteiger charge is -2.16. The first kappa shape index (κ1) is 33.1. The van der Waals surface area contributed by atoms with E-state index in [0.717, 1.165) is 88.5 Å². The maximum Gasteiger partial charge on any atom is 0.340 e. The Morgan fingerprint density at radius 3 is 1.64 bits per heavy atom. The van der Waals surface area contributed by atoms with Gasteiger partial charge in [0.15, 0.2) is 0 Å². The summed E-state index contributed by atoms with van der Waals surface area (Å²) in [6.45, 7) is 0. The minimum absolute atomic E-state index is 0.233. The van der Waals surface area contributed by atoms with Gasteiger partial charge in [0.05, 0.1) is 38.8 Å². The number of benzene rings is 8. The first-order valence-electron chi connectivity index (χ1n) is 19.8. The number of nitrogens with zero attached hydrogens (tertiary/aromatic N) is 5. The molecule has 12 aromatic rings. The van der Waals surface area contributed by atoms with Crippen molar-refractivity contribution in [1.82, 2.24) is 23.5 Å². The maximum absolute atomic E-state index is 15.4. The van der Waals surface area contributed by atoms with Crippen molar-refractivity contribution in [3.63, 3.8) is 0 Å². The minimum atomic E-state index is -0.233. The highest BCUT2D eigenvalue weighted by molar-refractivity contribution is 6.15. The Bertz CT molecular complexity index is 3680. The Morgan fingerprint density at radius 1 is 0.373 bits per heavy atom. The van der Waals surface area contributed by atoms with Gasteiger partial charge >= 0.3 is 5.69 Å². The van der Waals surface area contributed by atoms with E-state index >= 15 is 4.79 Å². The van der Waals surface area contributed by atoms with E-state index in [2.05, 4.69) is 138 Å². The predicted octanol–water partition coefficient (Wildman–Crippen LogP) is 12.4. The molecule has 0 radical (unpaired) electrons. The second kappa shape index (κ2) is 13.0. The van der Waals surface area contributed by atoms with Gasteiger partial charge in [0.2, 0.25) is 5.95 Å². The van der Waals surface area contributed by atoms with Gasteiger partial charge in [-0.25, -0.2) is 19.3 Å². The molecule has 0 N–H and O–H groups in total. The molecule has 4 aromatic heterocycles. The van der Waals surface area contributed by atoms with E-state index in [-0.39, 0.29) is 5.69 Å². The molecular weight excluding hydrogens is 723 g/mol. The van der Waals surface area contributed by atoms with Crippen LogP contribution in [0.3, 0.4) is 0 Å². The molecule has 0 aliphatic carbocycles. The molecule has 0 unspecified atom stereocenters. The van der Waals surface area contributed by atoms with Gasteiger partial charge in [0, 0.05) is 43.7 Å². The molecule has 0 saturated heterocycles. The Balaban J connectivity index is 1.19. The summed E-state index contributed by atoms with van der Waals surface area (Å²) in [7, 11) is 0. The zero-order valence-corrected chi connectivity index (χ0v) is 31.7. The Labute approximate surface area is 338 Å². The van der Waals surface area contributed by atoms with E-state index in [4.69, 9.17) is 9.97 Å². The number of fused-ring (bicyclic) bond motifs is 9. The van der Waals surface area contributed by atoms with Crippen LogP contribution >= 0.6 is 0 Å². The molecule has 0 bridgehead atoms. The van der Waals surface area contributed by atoms with Gasteiger partial charge in [-0.1, -0.05) is 146 Å². The van der Waals surface area contributed by atoms with Crippen molar-refractivity contribution in [2.45, 2.75) is 0 Å². The number of hydrogen-bond donors (Lipinski definition) is 0. The zero-order valence-electron chi connectivity index (χ0n) is 31.7. The van der Waals surface area contributed by atoms with E-state index < -0.39 is 0 Å². The predicted molar refractivity (Wildman–Crippen MR) is 242 cm³/mol. The molecule has 6 heteroatoms. The first-order valence-corrected chi connectivity index (χ1v) is 19.8. The van der Waals surface area contributed by atoms with Crippen LogP contribution in [0, 0.1) is 0 Å². The highest BCUT2D eigenvalue weighted by Crippen LogP contribution is 2.41. The van der Waals surface area contributed by atoms with Crippen molar-refractivity contribution in [1.29, 1.82) is 0 Å². The SMILES string of the molecule is O=c1n(-c2nc(-c3ccccc3)c3ccccc3n2)c2ccc(-c3ccc4c(c3)c3ccccc3n4-c3ccccc3)cc2c2c(-c3ccccc3)c3ccccc3n12. The van der Waals surface area contributed by atoms with Crippen LogP contribution in [0.1, 0.15) is 0 Å². The number of hydrogen-bond acceptors (Lipinski definition) is 3. The second-order valence-corrected chi connectivity index (χ2v) is 15.0. The number of rotatable bonds is 5. The van der Waals surface area contributed by atoms with Crippen molar-refractivity contribution in [2.75, 3.05) is 0 Å². The van der Waals surface area contributed by atoms with Gasteiger partial charge in [0.1, 0.15) is 0 Å². The smallest absolute Gasteiger partial charge is 0.309 e. The largest absolute Gasteiger partial charge is 0.340 e. The van der Waals surface area contributed by atoms with Crippen LogP contribution in [0.25, 0.3) is 105 Å². The quantitative estimate of drug-likeness (QED) is 0.176. The summed E-state index contributed by atoms with van der Waals surface area (Å²) in [5.41, 5.74) is 12.3. The monoisotopic (exact) mass is 755 g/mol. The van der Waals surface area contributed by atoms with E-state index in [1.165, 1.54) is 10.8 Å².